The summed E-state index contributed by atoms with van der Waals surface area (Å²) in [5.41, 5.74) is 0. The Labute approximate surface area is 69.8 Å². The summed E-state index contributed by atoms with van der Waals surface area (Å²) in [4.78, 5) is 2.66. The van der Waals surface area contributed by atoms with Gasteiger partial charge in [0.1, 0.15) is 0 Å². The van der Waals surface area contributed by atoms with Crippen LogP contribution >= 0.6 is 0 Å². The van der Waals surface area contributed by atoms with Crippen molar-refractivity contribution in [2.24, 2.45) is 5.92 Å². The predicted octanol–water partition coefficient (Wildman–Crippen LogP) is 2.08. The monoisotopic (exact) mass is 152 g/mol. The molecular weight excluding hydrogens is 134 g/mol. The van der Waals surface area contributed by atoms with Crippen molar-refractivity contribution in [3.8, 4) is 0 Å². The lowest BCUT2D eigenvalue weighted by molar-refractivity contribution is 0.241. The van der Waals surface area contributed by atoms with Crippen LogP contribution in [0.2, 0.25) is 0 Å². The van der Waals surface area contributed by atoms with Crippen LogP contribution in [0.3, 0.4) is 0 Å². The zero-order valence-corrected chi connectivity index (χ0v) is 7.26. The number of nitrogens with zero attached hydrogens (tertiary/aromatic N) is 1. The van der Waals surface area contributed by atoms with Crippen LogP contribution in [0.15, 0.2) is 0 Å². The minimum atomic E-state index is 0.718. The van der Waals surface area contributed by atoms with Gasteiger partial charge in [-0.1, -0.05) is 12.8 Å². The lowest BCUT2D eigenvalue weighted by Crippen LogP contribution is -2.30. The molecule has 1 radical (unpaired) electrons. The van der Waals surface area contributed by atoms with Crippen molar-refractivity contribution in [3.05, 3.63) is 6.92 Å². The van der Waals surface area contributed by atoms with Gasteiger partial charge < -0.3 is 4.90 Å². The van der Waals surface area contributed by atoms with Crippen molar-refractivity contribution in [3.63, 3.8) is 0 Å². The van der Waals surface area contributed by atoms with Gasteiger partial charge >= 0.3 is 0 Å². The fourth-order valence-corrected chi connectivity index (χ4v) is 2.46. The Balaban J connectivity index is 1.85. The summed E-state index contributed by atoms with van der Waals surface area (Å²) in [6.07, 6.45) is 7.15. The Kier molecular flexibility index (Phi) is 2.17. The molecule has 2 rings (SSSR count). The van der Waals surface area contributed by atoms with Crippen LogP contribution in [-0.2, 0) is 0 Å². The third kappa shape index (κ3) is 1.58. The van der Waals surface area contributed by atoms with Crippen molar-refractivity contribution in [2.45, 2.75) is 38.1 Å². The van der Waals surface area contributed by atoms with Crippen LogP contribution in [0.5, 0.6) is 0 Å². The third-order valence-electron chi connectivity index (χ3n) is 3.16. The zero-order chi connectivity index (χ0) is 7.68. The molecular formula is C10H18N. The summed E-state index contributed by atoms with van der Waals surface area (Å²) in [7, 11) is 0. The topological polar surface area (TPSA) is 3.24 Å². The molecule has 63 valence electrons. The van der Waals surface area contributed by atoms with Crippen LogP contribution in [0.25, 0.3) is 0 Å². The number of hydrogen-bond acceptors (Lipinski definition) is 1. The number of rotatable bonds is 1. The standard InChI is InChI=1S/C10H18N/c1-9-6-7-11(8-9)10-4-2-3-5-10/h9-10H,1-8H2. The number of hydrogen-bond donors (Lipinski definition) is 0. The van der Waals surface area contributed by atoms with E-state index in [9.17, 15) is 0 Å². The molecule has 1 unspecified atom stereocenters. The van der Waals surface area contributed by atoms with Crippen molar-refractivity contribution < 1.29 is 0 Å². The SMILES string of the molecule is [CH2]C1CCN(C2CCCC2)C1. The summed E-state index contributed by atoms with van der Waals surface area (Å²) in [5, 5.41) is 0. The Morgan fingerprint density at radius 1 is 1.09 bits per heavy atom. The van der Waals surface area contributed by atoms with Gasteiger partial charge in [0, 0.05) is 12.6 Å². The first-order valence-corrected chi connectivity index (χ1v) is 4.93. The maximum absolute atomic E-state index is 4.12. The highest BCUT2D eigenvalue weighted by molar-refractivity contribution is 4.84. The molecule has 0 aromatic rings. The highest BCUT2D eigenvalue weighted by Gasteiger charge is 2.27. The quantitative estimate of drug-likeness (QED) is 0.556. The maximum Gasteiger partial charge on any atom is 0.00953 e. The van der Waals surface area contributed by atoms with Crippen LogP contribution in [-0.4, -0.2) is 24.0 Å². The van der Waals surface area contributed by atoms with Gasteiger partial charge in [-0.2, -0.15) is 0 Å². The first-order valence-electron chi connectivity index (χ1n) is 4.93. The molecule has 1 nitrogen and oxygen atoms in total. The first-order chi connectivity index (χ1) is 5.36. The van der Waals surface area contributed by atoms with Crippen molar-refractivity contribution >= 4 is 0 Å². The van der Waals surface area contributed by atoms with Crippen LogP contribution < -0.4 is 0 Å². The van der Waals surface area contributed by atoms with Gasteiger partial charge in [-0.15, -0.1) is 0 Å². The van der Waals surface area contributed by atoms with Gasteiger partial charge in [0.2, 0.25) is 0 Å². The van der Waals surface area contributed by atoms with Gasteiger partial charge in [0.05, 0.1) is 0 Å². The van der Waals surface area contributed by atoms with E-state index < -0.39 is 0 Å². The van der Waals surface area contributed by atoms with Crippen molar-refractivity contribution in [1.82, 2.24) is 4.90 Å². The highest BCUT2D eigenvalue weighted by Crippen LogP contribution is 2.27. The van der Waals surface area contributed by atoms with E-state index in [1.54, 1.807) is 0 Å². The summed E-state index contributed by atoms with van der Waals surface area (Å²) in [6, 6.07) is 0.932. The fourth-order valence-electron chi connectivity index (χ4n) is 2.46. The smallest absolute Gasteiger partial charge is 0.00953 e. The summed E-state index contributed by atoms with van der Waals surface area (Å²) in [6.45, 7) is 6.70. The van der Waals surface area contributed by atoms with E-state index >= 15 is 0 Å². The molecule has 0 amide bonds. The minimum Gasteiger partial charge on any atom is -0.300 e. The Morgan fingerprint density at radius 3 is 2.36 bits per heavy atom. The molecule has 0 spiro atoms. The van der Waals surface area contributed by atoms with Gasteiger partial charge in [-0.05, 0) is 38.6 Å². The van der Waals surface area contributed by atoms with Gasteiger partial charge in [-0.3, -0.25) is 0 Å². The normalized spacial score (nSPS) is 35.2. The van der Waals surface area contributed by atoms with Crippen LogP contribution in [0, 0.1) is 12.8 Å². The van der Waals surface area contributed by atoms with E-state index in [1.165, 1.54) is 45.2 Å². The molecule has 1 saturated heterocycles. The second-order valence-corrected chi connectivity index (χ2v) is 4.09. The molecule has 2 aliphatic rings. The van der Waals surface area contributed by atoms with Crippen molar-refractivity contribution in [2.75, 3.05) is 13.1 Å². The average Bonchev–Trinajstić information content (AvgIpc) is 2.55. The molecule has 1 aliphatic heterocycles. The Bertz CT molecular complexity index is 127. The Morgan fingerprint density at radius 2 is 1.82 bits per heavy atom. The molecule has 0 N–H and O–H groups in total. The molecule has 2 fully saturated rings. The number of likely N-dealkylation sites (tertiary alicyclic amines) is 1. The molecule has 1 heteroatoms. The molecule has 1 atom stereocenters. The molecule has 1 heterocycles. The summed E-state index contributed by atoms with van der Waals surface area (Å²) in [5.74, 6) is 0.718. The Hall–Kier alpha value is -0.0400. The zero-order valence-electron chi connectivity index (χ0n) is 7.26. The fraction of sp³-hybridized carbons (Fsp3) is 0.900. The summed E-state index contributed by atoms with van der Waals surface area (Å²) >= 11 is 0. The molecule has 11 heavy (non-hydrogen) atoms. The van der Waals surface area contributed by atoms with E-state index in [-0.39, 0.29) is 0 Å². The predicted molar refractivity (Wildman–Crippen MR) is 47.3 cm³/mol. The molecule has 0 aromatic carbocycles. The lowest BCUT2D eigenvalue weighted by atomic mass is 10.2. The van der Waals surface area contributed by atoms with E-state index in [1.807, 2.05) is 0 Å². The minimum absolute atomic E-state index is 0.718. The van der Waals surface area contributed by atoms with Crippen LogP contribution in [0.1, 0.15) is 32.1 Å². The van der Waals surface area contributed by atoms with Gasteiger partial charge in [-0.25, -0.2) is 0 Å². The molecule has 1 saturated carbocycles. The van der Waals surface area contributed by atoms with Crippen molar-refractivity contribution in [1.29, 1.82) is 0 Å². The van der Waals surface area contributed by atoms with E-state index in [0.29, 0.717) is 0 Å². The van der Waals surface area contributed by atoms with E-state index in [0.717, 1.165) is 12.0 Å². The van der Waals surface area contributed by atoms with Gasteiger partial charge in [0.25, 0.3) is 0 Å². The van der Waals surface area contributed by atoms with E-state index in [4.69, 9.17) is 0 Å². The lowest BCUT2D eigenvalue weighted by Gasteiger charge is -2.22. The second-order valence-electron chi connectivity index (χ2n) is 4.09. The third-order valence-corrected chi connectivity index (χ3v) is 3.16. The largest absolute Gasteiger partial charge is 0.300 e. The average molecular weight is 152 g/mol. The maximum atomic E-state index is 4.12. The summed E-state index contributed by atoms with van der Waals surface area (Å²) < 4.78 is 0. The molecule has 0 aromatic heterocycles. The van der Waals surface area contributed by atoms with Gasteiger partial charge in [0.15, 0.2) is 0 Å². The highest BCUT2D eigenvalue weighted by atomic mass is 15.2. The molecule has 0 bridgehead atoms. The van der Waals surface area contributed by atoms with Crippen LogP contribution in [0.4, 0.5) is 0 Å². The molecule has 1 aliphatic carbocycles. The second kappa shape index (κ2) is 3.14. The van der Waals surface area contributed by atoms with E-state index in [2.05, 4.69) is 11.8 Å². The first kappa shape index (κ1) is 7.60.